The molecule has 5 heteroatoms. The molecule has 25 heavy (non-hydrogen) atoms. The fourth-order valence-electron chi connectivity index (χ4n) is 1.81. The van der Waals surface area contributed by atoms with Crippen molar-refractivity contribution in [3.05, 3.63) is 66.4 Å². The van der Waals surface area contributed by atoms with E-state index in [0.29, 0.717) is 18.7 Å². The molecule has 0 aliphatic carbocycles. The SMILES string of the molecule is C=CN(/N=C\CC(/C=C\COC)=C/C)c1cccc(C(=O)O)c1.CC. The third-order valence-corrected chi connectivity index (χ3v) is 3.03. The molecular weight excluding hydrogens is 316 g/mol. The van der Waals surface area contributed by atoms with Gasteiger partial charge in [0.25, 0.3) is 0 Å². The van der Waals surface area contributed by atoms with Crippen LogP contribution in [0, 0.1) is 0 Å². The van der Waals surface area contributed by atoms with E-state index < -0.39 is 5.97 Å². The summed E-state index contributed by atoms with van der Waals surface area (Å²) in [6, 6.07) is 6.54. The number of methoxy groups -OCH3 is 1. The van der Waals surface area contributed by atoms with Gasteiger partial charge in [-0.1, -0.05) is 44.7 Å². The molecule has 0 aliphatic rings. The molecule has 5 nitrogen and oxygen atoms in total. The lowest BCUT2D eigenvalue weighted by molar-refractivity contribution is 0.0697. The van der Waals surface area contributed by atoms with E-state index >= 15 is 0 Å². The Morgan fingerprint density at radius 1 is 1.40 bits per heavy atom. The van der Waals surface area contributed by atoms with E-state index in [1.807, 2.05) is 39.0 Å². The number of benzene rings is 1. The molecule has 0 saturated heterocycles. The van der Waals surface area contributed by atoms with Gasteiger partial charge in [0.2, 0.25) is 0 Å². The van der Waals surface area contributed by atoms with Crippen LogP contribution in [0.5, 0.6) is 0 Å². The van der Waals surface area contributed by atoms with Gasteiger partial charge in [-0.25, -0.2) is 9.80 Å². The second-order valence-electron chi connectivity index (χ2n) is 4.61. The van der Waals surface area contributed by atoms with Crippen LogP contribution in [-0.2, 0) is 4.74 Å². The summed E-state index contributed by atoms with van der Waals surface area (Å²) in [5.41, 5.74) is 1.96. The topological polar surface area (TPSA) is 62.1 Å². The van der Waals surface area contributed by atoms with Gasteiger partial charge < -0.3 is 9.84 Å². The van der Waals surface area contributed by atoms with Gasteiger partial charge in [-0.05, 0) is 30.7 Å². The molecule has 1 aromatic carbocycles. The summed E-state index contributed by atoms with van der Waals surface area (Å²) in [5.74, 6) is -0.973. The Morgan fingerprint density at radius 3 is 2.68 bits per heavy atom. The Bertz CT molecular complexity index is 619. The van der Waals surface area contributed by atoms with E-state index in [2.05, 4.69) is 11.7 Å². The predicted molar refractivity (Wildman–Crippen MR) is 105 cm³/mol. The summed E-state index contributed by atoms with van der Waals surface area (Å²) in [5, 5.41) is 14.9. The van der Waals surface area contributed by atoms with Crippen LogP contribution in [0.4, 0.5) is 5.69 Å². The highest BCUT2D eigenvalue weighted by Gasteiger charge is 2.06. The molecule has 0 heterocycles. The minimum atomic E-state index is -0.973. The van der Waals surface area contributed by atoms with E-state index in [4.69, 9.17) is 9.84 Å². The lowest BCUT2D eigenvalue weighted by Gasteiger charge is -2.14. The number of hydrazone groups is 1. The van der Waals surface area contributed by atoms with Gasteiger partial charge in [-0.15, -0.1) is 0 Å². The van der Waals surface area contributed by atoms with Crippen LogP contribution < -0.4 is 5.01 Å². The molecule has 0 unspecified atom stereocenters. The largest absolute Gasteiger partial charge is 0.478 e. The normalized spacial score (nSPS) is 11.3. The van der Waals surface area contributed by atoms with Crippen molar-refractivity contribution in [1.82, 2.24) is 0 Å². The molecule has 1 N–H and O–H groups in total. The first kappa shape index (κ1) is 22.3. The zero-order chi connectivity index (χ0) is 19.1. The summed E-state index contributed by atoms with van der Waals surface area (Å²) in [7, 11) is 1.65. The molecular formula is C20H28N2O3. The third-order valence-electron chi connectivity index (χ3n) is 3.03. The number of carbonyl (C=O) groups is 1. The van der Waals surface area contributed by atoms with Crippen LogP contribution in [0.3, 0.4) is 0 Å². The van der Waals surface area contributed by atoms with Crippen LogP contribution in [0.25, 0.3) is 0 Å². The monoisotopic (exact) mass is 344 g/mol. The number of anilines is 1. The summed E-state index contributed by atoms with van der Waals surface area (Å²) in [6.07, 6.45) is 9.86. The highest BCUT2D eigenvalue weighted by molar-refractivity contribution is 5.88. The van der Waals surface area contributed by atoms with Crippen molar-refractivity contribution >= 4 is 17.9 Å². The molecule has 0 fully saturated rings. The van der Waals surface area contributed by atoms with Crippen molar-refractivity contribution in [3.63, 3.8) is 0 Å². The molecule has 1 rings (SSSR count). The van der Waals surface area contributed by atoms with E-state index in [1.54, 1.807) is 36.5 Å². The molecule has 0 aromatic heterocycles. The summed E-state index contributed by atoms with van der Waals surface area (Å²) >= 11 is 0. The highest BCUT2D eigenvalue weighted by Crippen LogP contribution is 2.17. The molecule has 0 saturated carbocycles. The standard InChI is InChI=1S/C18H22N2O3.C2H6/c1-4-15(8-7-13-23-3)11-12-19-20(5-2)17-10-6-9-16(14-17)18(21)22;1-2/h4-10,12,14H,2,11,13H2,1,3H3,(H,21,22);1-2H3/b8-7-,15-4+,19-12-;. The van der Waals surface area contributed by atoms with Gasteiger partial charge in [-0.3, -0.25) is 0 Å². The third kappa shape index (κ3) is 8.67. The van der Waals surface area contributed by atoms with E-state index in [9.17, 15) is 4.79 Å². The Hall–Kier alpha value is -2.66. The van der Waals surface area contributed by atoms with Crippen molar-refractivity contribution in [1.29, 1.82) is 0 Å². The molecule has 1 aromatic rings. The van der Waals surface area contributed by atoms with E-state index in [1.165, 1.54) is 12.3 Å². The fraction of sp³-hybridized carbons (Fsp3) is 0.300. The van der Waals surface area contributed by atoms with Crippen molar-refractivity contribution in [2.45, 2.75) is 27.2 Å². The van der Waals surface area contributed by atoms with Crippen LogP contribution in [0.2, 0.25) is 0 Å². The molecule has 0 spiro atoms. The fourth-order valence-corrected chi connectivity index (χ4v) is 1.81. The summed E-state index contributed by atoms with van der Waals surface area (Å²) in [6.45, 7) is 10.2. The van der Waals surface area contributed by atoms with Gasteiger partial charge in [0, 0.05) is 25.9 Å². The molecule has 0 amide bonds. The molecule has 0 aliphatic heterocycles. The number of hydrogen-bond acceptors (Lipinski definition) is 4. The lowest BCUT2D eigenvalue weighted by Crippen LogP contribution is -2.08. The van der Waals surface area contributed by atoms with Gasteiger partial charge in [0.15, 0.2) is 0 Å². The highest BCUT2D eigenvalue weighted by atomic mass is 16.5. The van der Waals surface area contributed by atoms with Crippen LogP contribution in [0.15, 0.2) is 65.9 Å². The lowest BCUT2D eigenvalue weighted by atomic mass is 10.2. The number of rotatable bonds is 9. The molecule has 0 radical (unpaired) electrons. The van der Waals surface area contributed by atoms with Crippen LogP contribution >= 0.6 is 0 Å². The quantitative estimate of drug-likeness (QED) is 0.394. The van der Waals surface area contributed by atoms with Gasteiger partial charge in [-0.2, -0.15) is 5.10 Å². The minimum absolute atomic E-state index is 0.209. The predicted octanol–water partition coefficient (Wildman–Crippen LogP) is 4.89. The Morgan fingerprint density at radius 2 is 2.12 bits per heavy atom. The maximum Gasteiger partial charge on any atom is 0.335 e. The maximum absolute atomic E-state index is 11.0. The van der Waals surface area contributed by atoms with E-state index in [0.717, 1.165) is 5.57 Å². The van der Waals surface area contributed by atoms with Gasteiger partial charge in [0.05, 0.1) is 17.9 Å². The first-order valence-corrected chi connectivity index (χ1v) is 8.20. The van der Waals surface area contributed by atoms with Crippen molar-refractivity contribution < 1.29 is 14.6 Å². The number of allylic oxidation sites excluding steroid dienone is 3. The number of hydrogen-bond donors (Lipinski definition) is 1. The Labute approximate surface area is 150 Å². The smallest absolute Gasteiger partial charge is 0.335 e. The second kappa shape index (κ2) is 13.7. The average Bonchev–Trinajstić information content (AvgIpc) is 2.65. The number of aromatic carboxylic acids is 1. The van der Waals surface area contributed by atoms with Crippen molar-refractivity contribution in [2.24, 2.45) is 5.10 Å². The number of nitrogens with zero attached hydrogens (tertiary/aromatic N) is 2. The van der Waals surface area contributed by atoms with Gasteiger partial charge >= 0.3 is 5.97 Å². The molecule has 0 bridgehead atoms. The van der Waals surface area contributed by atoms with Gasteiger partial charge in [0.1, 0.15) is 0 Å². The number of carboxylic acids is 1. The Kier molecular flexibility index (Phi) is 12.3. The van der Waals surface area contributed by atoms with Crippen LogP contribution in [-0.4, -0.2) is 31.0 Å². The first-order valence-electron chi connectivity index (χ1n) is 8.20. The second-order valence-corrected chi connectivity index (χ2v) is 4.61. The van der Waals surface area contributed by atoms with Crippen LogP contribution in [0.1, 0.15) is 37.6 Å². The maximum atomic E-state index is 11.0. The Balaban J connectivity index is 0.00000277. The average molecular weight is 344 g/mol. The van der Waals surface area contributed by atoms with Crippen molar-refractivity contribution in [2.75, 3.05) is 18.7 Å². The van der Waals surface area contributed by atoms with Crippen molar-refractivity contribution in [3.8, 4) is 0 Å². The zero-order valence-electron chi connectivity index (χ0n) is 15.5. The first-order chi connectivity index (χ1) is 12.1. The van der Waals surface area contributed by atoms with E-state index in [-0.39, 0.29) is 5.56 Å². The zero-order valence-corrected chi connectivity index (χ0v) is 15.5. The molecule has 0 atom stereocenters. The minimum Gasteiger partial charge on any atom is -0.478 e. The summed E-state index contributed by atoms with van der Waals surface area (Å²) in [4.78, 5) is 11.0. The number of ether oxygens (including phenoxy) is 1. The molecule has 136 valence electrons. The summed E-state index contributed by atoms with van der Waals surface area (Å²) < 4.78 is 4.97. The number of carboxylic acid groups (broad SMARTS) is 1.